The van der Waals surface area contributed by atoms with Crippen molar-refractivity contribution in [1.82, 2.24) is 9.97 Å². The van der Waals surface area contributed by atoms with Crippen molar-refractivity contribution >= 4 is 29.0 Å². The molecule has 1 aliphatic rings. The van der Waals surface area contributed by atoms with Crippen molar-refractivity contribution in [2.24, 2.45) is 4.99 Å². The molecule has 6 nitrogen and oxygen atoms in total. The van der Waals surface area contributed by atoms with Gasteiger partial charge in [0.15, 0.2) is 5.70 Å². The van der Waals surface area contributed by atoms with Crippen molar-refractivity contribution in [3.8, 4) is 11.5 Å². The molecule has 2 heterocycles. The van der Waals surface area contributed by atoms with Gasteiger partial charge < -0.3 is 9.47 Å². The number of aliphatic imine (C=N–C) groups is 1. The monoisotopic (exact) mass is 393 g/mol. The van der Waals surface area contributed by atoms with E-state index in [1.54, 1.807) is 36.5 Å². The van der Waals surface area contributed by atoms with Crippen LogP contribution < -0.4 is 4.74 Å². The van der Waals surface area contributed by atoms with Crippen LogP contribution in [0.1, 0.15) is 11.3 Å². The lowest BCUT2D eigenvalue weighted by atomic mass is 10.2. The van der Waals surface area contributed by atoms with Gasteiger partial charge in [0.05, 0.1) is 22.9 Å². The molecule has 0 atom stereocenters. The lowest BCUT2D eigenvalue weighted by Crippen LogP contribution is -2.05. The Hall–Kier alpha value is -4.32. The molecule has 0 aliphatic carbocycles. The normalized spacial score (nSPS) is 14.6. The Morgan fingerprint density at radius 2 is 1.50 bits per heavy atom. The number of esters is 1. The quantitative estimate of drug-likeness (QED) is 0.369. The summed E-state index contributed by atoms with van der Waals surface area (Å²) in [5, 5.41) is 0. The number of fused-ring (bicyclic) bond motifs is 1. The Balaban J connectivity index is 1.38. The van der Waals surface area contributed by atoms with Crippen LogP contribution in [0.3, 0.4) is 0 Å². The Morgan fingerprint density at radius 3 is 2.30 bits per heavy atom. The number of carbonyl (C=O) groups excluding carboxylic acids is 1. The average Bonchev–Trinajstić information content (AvgIpc) is 3.15. The first kappa shape index (κ1) is 17.8. The molecule has 0 saturated heterocycles. The Kier molecular flexibility index (Phi) is 4.50. The topological polar surface area (TPSA) is 73.7 Å². The van der Waals surface area contributed by atoms with Crippen LogP contribution >= 0.6 is 0 Å². The average molecular weight is 393 g/mol. The third-order valence-corrected chi connectivity index (χ3v) is 4.45. The molecule has 0 bridgehead atoms. The maximum Gasteiger partial charge on any atom is 0.363 e. The maximum atomic E-state index is 12.3. The summed E-state index contributed by atoms with van der Waals surface area (Å²) in [6, 6.07) is 24.2. The highest BCUT2D eigenvalue weighted by molar-refractivity contribution is 6.12. The molecule has 4 aromatic rings. The van der Waals surface area contributed by atoms with Crippen molar-refractivity contribution in [3.05, 3.63) is 102 Å². The van der Waals surface area contributed by atoms with Gasteiger partial charge >= 0.3 is 5.97 Å². The van der Waals surface area contributed by atoms with Gasteiger partial charge in [-0.05, 0) is 54.6 Å². The van der Waals surface area contributed by atoms with Gasteiger partial charge in [0.2, 0.25) is 5.90 Å². The van der Waals surface area contributed by atoms with E-state index in [0.29, 0.717) is 17.0 Å². The fourth-order valence-electron chi connectivity index (χ4n) is 3.00. The van der Waals surface area contributed by atoms with Crippen molar-refractivity contribution < 1.29 is 14.3 Å². The first-order chi connectivity index (χ1) is 14.7. The molecule has 0 unspecified atom stereocenters. The minimum Gasteiger partial charge on any atom is -0.457 e. The molecular formula is C24H15N3O3. The predicted octanol–water partition coefficient (Wildman–Crippen LogP) is 4.77. The van der Waals surface area contributed by atoms with Gasteiger partial charge in [-0.3, -0.25) is 4.98 Å². The number of nitrogens with zero attached hydrogens (tertiary/aromatic N) is 3. The highest BCUT2D eigenvalue weighted by Gasteiger charge is 2.24. The molecule has 3 aromatic carbocycles. The highest BCUT2D eigenvalue weighted by Crippen LogP contribution is 2.24. The number of cyclic esters (lactones) is 1. The Morgan fingerprint density at radius 1 is 0.800 bits per heavy atom. The predicted molar refractivity (Wildman–Crippen MR) is 113 cm³/mol. The number of para-hydroxylation sites is 3. The van der Waals surface area contributed by atoms with Gasteiger partial charge in [0, 0.05) is 5.56 Å². The van der Waals surface area contributed by atoms with Crippen molar-refractivity contribution in [3.63, 3.8) is 0 Å². The molecule has 30 heavy (non-hydrogen) atoms. The number of rotatable bonds is 4. The molecule has 0 spiro atoms. The summed E-state index contributed by atoms with van der Waals surface area (Å²) in [6.45, 7) is 0. The van der Waals surface area contributed by atoms with Crippen LogP contribution in [0, 0.1) is 0 Å². The molecule has 0 amide bonds. The van der Waals surface area contributed by atoms with Crippen LogP contribution in [0.4, 0.5) is 0 Å². The molecule has 0 N–H and O–H groups in total. The van der Waals surface area contributed by atoms with E-state index in [-0.39, 0.29) is 11.6 Å². The van der Waals surface area contributed by atoms with Crippen LogP contribution in [0.2, 0.25) is 0 Å². The van der Waals surface area contributed by atoms with E-state index in [4.69, 9.17) is 9.47 Å². The third-order valence-electron chi connectivity index (χ3n) is 4.45. The zero-order valence-corrected chi connectivity index (χ0v) is 15.7. The highest BCUT2D eigenvalue weighted by atomic mass is 16.6. The summed E-state index contributed by atoms with van der Waals surface area (Å²) in [5.74, 6) is 1.14. The number of hydrogen-bond donors (Lipinski definition) is 0. The van der Waals surface area contributed by atoms with Crippen LogP contribution in [0.25, 0.3) is 17.1 Å². The van der Waals surface area contributed by atoms with E-state index < -0.39 is 5.97 Å². The van der Waals surface area contributed by atoms with Crippen LogP contribution in [-0.4, -0.2) is 21.8 Å². The minimum absolute atomic E-state index is 0.180. The molecule has 5 rings (SSSR count). The molecule has 0 fully saturated rings. The minimum atomic E-state index is -0.524. The lowest BCUT2D eigenvalue weighted by molar-refractivity contribution is -0.129. The lowest BCUT2D eigenvalue weighted by Gasteiger charge is -2.06. The second-order valence-corrected chi connectivity index (χ2v) is 6.56. The molecule has 1 aliphatic heterocycles. The second kappa shape index (κ2) is 7.60. The van der Waals surface area contributed by atoms with E-state index in [2.05, 4.69) is 15.0 Å². The fourth-order valence-corrected chi connectivity index (χ4v) is 3.00. The van der Waals surface area contributed by atoms with Crippen LogP contribution in [-0.2, 0) is 9.53 Å². The van der Waals surface area contributed by atoms with E-state index >= 15 is 0 Å². The van der Waals surface area contributed by atoms with Crippen molar-refractivity contribution in [2.75, 3.05) is 0 Å². The van der Waals surface area contributed by atoms with Gasteiger partial charge in [-0.2, -0.15) is 0 Å². The van der Waals surface area contributed by atoms with E-state index in [9.17, 15) is 4.79 Å². The van der Waals surface area contributed by atoms with Crippen LogP contribution in [0.5, 0.6) is 11.5 Å². The van der Waals surface area contributed by atoms with Gasteiger partial charge in [-0.15, -0.1) is 0 Å². The zero-order valence-electron chi connectivity index (χ0n) is 15.7. The summed E-state index contributed by atoms with van der Waals surface area (Å²) in [4.78, 5) is 25.4. The third kappa shape index (κ3) is 3.66. The van der Waals surface area contributed by atoms with Gasteiger partial charge in [-0.1, -0.05) is 30.3 Å². The standard InChI is InChI=1S/C24H15N3O3/c28-24-22(14-17-15-25-20-8-4-5-9-21(20)26-17)27-23(30-24)16-10-12-19(13-11-16)29-18-6-2-1-3-7-18/h1-15H/b22-14-. The number of hydrogen-bond acceptors (Lipinski definition) is 6. The fraction of sp³-hybridized carbons (Fsp3) is 0. The summed E-state index contributed by atoms with van der Waals surface area (Å²) < 4.78 is 11.1. The summed E-state index contributed by atoms with van der Waals surface area (Å²) in [6.07, 6.45) is 3.17. The van der Waals surface area contributed by atoms with E-state index in [1.807, 2.05) is 54.6 Å². The van der Waals surface area contributed by atoms with Gasteiger partial charge in [0.25, 0.3) is 0 Å². The first-order valence-electron chi connectivity index (χ1n) is 9.32. The largest absolute Gasteiger partial charge is 0.457 e. The SMILES string of the molecule is O=C1OC(c2ccc(Oc3ccccc3)cc2)=N/C1=C\c1cnc2ccccc2n1. The molecular weight excluding hydrogens is 378 g/mol. The second-order valence-electron chi connectivity index (χ2n) is 6.56. The molecule has 144 valence electrons. The summed E-state index contributed by atoms with van der Waals surface area (Å²) >= 11 is 0. The molecule has 0 saturated carbocycles. The summed E-state index contributed by atoms with van der Waals surface area (Å²) in [7, 11) is 0. The maximum absolute atomic E-state index is 12.3. The van der Waals surface area contributed by atoms with Crippen LogP contribution in [0.15, 0.2) is 95.7 Å². The van der Waals surface area contributed by atoms with Crippen molar-refractivity contribution in [2.45, 2.75) is 0 Å². The molecule has 0 radical (unpaired) electrons. The summed E-state index contributed by atoms with van der Waals surface area (Å²) in [5.41, 5.74) is 2.93. The number of ether oxygens (including phenoxy) is 2. The Labute approximate surface area is 172 Å². The molecule has 1 aromatic heterocycles. The van der Waals surface area contributed by atoms with Gasteiger partial charge in [0.1, 0.15) is 11.5 Å². The zero-order chi connectivity index (χ0) is 20.3. The van der Waals surface area contributed by atoms with E-state index in [1.165, 1.54) is 0 Å². The van der Waals surface area contributed by atoms with E-state index in [0.717, 1.165) is 16.8 Å². The van der Waals surface area contributed by atoms with Crippen molar-refractivity contribution in [1.29, 1.82) is 0 Å². The number of carbonyl (C=O) groups is 1. The smallest absolute Gasteiger partial charge is 0.363 e. The number of benzene rings is 3. The Bertz CT molecular complexity index is 1300. The number of aromatic nitrogens is 2. The van der Waals surface area contributed by atoms with Gasteiger partial charge in [-0.25, -0.2) is 14.8 Å². The molecule has 6 heteroatoms. The first-order valence-corrected chi connectivity index (χ1v) is 9.32.